The number of benzene rings is 1. The van der Waals surface area contributed by atoms with Gasteiger partial charge in [0.25, 0.3) is 5.92 Å². The second kappa shape index (κ2) is 4.91. The highest BCUT2D eigenvalue weighted by Crippen LogP contribution is 2.46. The van der Waals surface area contributed by atoms with E-state index < -0.39 is 5.92 Å². The van der Waals surface area contributed by atoms with Gasteiger partial charge in [-0.1, -0.05) is 30.3 Å². The van der Waals surface area contributed by atoms with Gasteiger partial charge in [0.1, 0.15) is 0 Å². The lowest BCUT2D eigenvalue weighted by Crippen LogP contribution is -2.35. The van der Waals surface area contributed by atoms with Crippen LogP contribution in [0.5, 0.6) is 0 Å². The number of hydrogen-bond acceptors (Lipinski definition) is 1. The van der Waals surface area contributed by atoms with Gasteiger partial charge in [0, 0.05) is 18.0 Å². The molecule has 1 aromatic rings. The van der Waals surface area contributed by atoms with E-state index in [0.717, 1.165) is 12.8 Å². The van der Waals surface area contributed by atoms with Gasteiger partial charge in [-0.25, -0.2) is 0 Å². The number of rotatable bonds is 6. The van der Waals surface area contributed by atoms with Gasteiger partial charge in [0.2, 0.25) is 0 Å². The van der Waals surface area contributed by atoms with Gasteiger partial charge < -0.3 is 5.32 Å². The smallest absolute Gasteiger partial charge is 0.285 e. The van der Waals surface area contributed by atoms with E-state index in [9.17, 15) is 8.78 Å². The van der Waals surface area contributed by atoms with Gasteiger partial charge >= 0.3 is 0 Å². The summed E-state index contributed by atoms with van der Waals surface area (Å²) in [4.78, 5) is 0. The minimum Gasteiger partial charge on any atom is -0.310 e. The summed E-state index contributed by atoms with van der Waals surface area (Å²) in [6.07, 6.45) is 2.08. The maximum absolute atomic E-state index is 13.8. The zero-order valence-electron chi connectivity index (χ0n) is 9.56. The summed E-state index contributed by atoms with van der Waals surface area (Å²) < 4.78 is 27.5. The Morgan fingerprint density at radius 2 is 1.88 bits per heavy atom. The number of hydrogen-bond donors (Lipinski definition) is 1. The zero-order chi connectivity index (χ0) is 12.4. The van der Waals surface area contributed by atoms with Crippen LogP contribution in [-0.4, -0.2) is 19.0 Å². The van der Waals surface area contributed by atoms with E-state index in [4.69, 9.17) is 11.6 Å². The molecule has 1 aliphatic rings. The zero-order valence-corrected chi connectivity index (χ0v) is 10.3. The summed E-state index contributed by atoms with van der Waals surface area (Å²) in [7, 11) is 0. The van der Waals surface area contributed by atoms with Crippen molar-refractivity contribution in [3.05, 3.63) is 35.9 Å². The molecule has 1 aromatic carbocycles. The first-order chi connectivity index (χ1) is 8.08. The van der Waals surface area contributed by atoms with Crippen molar-refractivity contribution < 1.29 is 8.78 Å². The predicted octanol–water partition coefficient (Wildman–Crippen LogP) is 3.39. The van der Waals surface area contributed by atoms with E-state index >= 15 is 0 Å². The quantitative estimate of drug-likeness (QED) is 0.773. The lowest BCUT2D eigenvalue weighted by atomic mass is 10.1. The third-order valence-corrected chi connectivity index (χ3v) is 3.85. The van der Waals surface area contributed by atoms with Crippen LogP contribution in [0.3, 0.4) is 0 Å². The van der Waals surface area contributed by atoms with Crippen LogP contribution in [0.15, 0.2) is 30.3 Å². The molecule has 0 amide bonds. The van der Waals surface area contributed by atoms with Crippen LogP contribution in [0.2, 0.25) is 0 Å². The first-order valence-corrected chi connectivity index (χ1v) is 6.32. The minimum absolute atomic E-state index is 0.0585. The number of nitrogens with one attached hydrogen (secondary N) is 1. The summed E-state index contributed by atoms with van der Waals surface area (Å²) in [6.45, 7) is 0.259. The molecule has 1 saturated carbocycles. The van der Waals surface area contributed by atoms with Crippen molar-refractivity contribution in [1.82, 2.24) is 5.32 Å². The molecule has 1 fully saturated rings. The highest BCUT2D eigenvalue weighted by Gasteiger charge is 2.42. The topological polar surface area (TPSA) is 12.0 Å². The molecule has 4 heteroatoms. The molecule has 94 valence electrons. The van der Waals surface area contributed by atoms with Gasteiger partial charge in [-0.05, 0) is 18.3 Å². The van der Waals surface area contributed by atoms with Crippen molar-refractivity contribution in [3.8, 4) is 0 Å². The Kier molecular flexibility index (Phi) is 3.69. The summed E-state index contributed by atoms with van der Waals surface area (Å²) in [6, 6.07) is 7.90. The van der Waals surface area contributed by atoms with E-state index in [1.54, 1.807) is 18.2 Å². The minimum atomic E-state index is -2.82. The van der Waals surface area contributed by atoms with Crippen molar-refractivity contribution in [2.75, 3.05) is 19.0 Å². The fourth-order valence-corrected chi connectivity index (χ4v) is 2.16. The second-order valence-corrected chi connectivity index (χ2v) is 5.07. The van der Waals surface area contributed by atoms with Crippen LogP contribution in [0.4, 0.5) is 8.78 Å². The van der Waals surface area contributed by atoms with Crippen molar-refractivity contribution in [1.29, 1.82) is 0 Å². The monoisotopic (exact) mass is 259 g/mol. The third-order valence-electron chi connectivity index (χ3n) is 3.28. The molecule has 0 bridgehead atoms. The molecule has 0 saturated heterocycles. The van der Waals surface area contributed by atoms with E-state index in [2.05, 4.69) is 5.32 Å². The Hall–Kier alpha value is -0.670. The lowest BCUT2D eigenvalue weighted by molar-refractivity contribution is -0.00387. The molecule has 0 heterocycles. The standard InChI is InChI=1S/C13H16ClF2N/c14-8-12(6-7-12)9-17-10-13(15,16)11-4-2-1-3-5-11/h1-5,17H,6-10H2. The van der Waals surface area contributed by atoms with Gasteiger partial charge in [-0.3, -0.25) is 0 Å². The largest absolute Gasteiger partial charge is 0.310 e. The van der Waals surface area contributed by atoms with Crippen LogP contribution in [-0.2, 0) is 5.92 Å². The fraction of sp³-hybridized carbons (Fsp3) is 0.538. The van der Waals surface area contributed by atoms with Crippen LogP contribution in [0.1, 0.15) is 18.4 Å². The van der Waals surface area contributed by atoms with Gasteiger partial charge in [-0.2, -0.15) is 8.78 Å². The van der Waals surface area contributed by atoms with Gasteiger partial charge in [-0.15, -0.1) is 11.6 Å². The fourth-order valence-electron chi connectivity index (χ4n) is 1.80. The highest BCUT2D eigenvalue weighted by atomic mass is 35.5. The second-order valence-electron chi connectivity index (χ2n) is 4.81. The summed E-state index contributed by atoms with van der Waals surface area (Å²) in [5.74, 6) is -2.26. The van der Waals surface area contributed by atoms with Crippen molar-refractivity contribution in [2.45, 2.75) is 18.8 Å². The predicted molar refractivity (Wildman–Crippen MR) is 65.6 cm³/mol. The maximum Gasteiger partial charge on any atom is 0.285 e. The Bertz CT molecular complexity index is 363. The molecular formula is C13H16ClF2N. The molecule has 0 aromatic heterocycles. The Morgan fingerprint density at radius 1 is 1.24 bits per heavy atom. The van der Waals surface area contributed by atoms with Gasteiger partial charge in [0.05, 0.1) is 6.54 Å². The van der Waals surface area contributed by atoms with E-state index in [0.29, 0.717) is 12.4 Å². The molecule has 1 N–H and O–H groups in total. The third kappa shape index (κ3) is 3.17. The van der Waals surface area contributed by atoms with E-state index in [-0.39, 0.29) is 17.5 Å². The van der Waals surface area contributed by atoms with E-state index in [1.165, 1.54) is 12.1 Å². The molecule has 0 aliphatic heterocycles. The Balaban J connectivity index is 1.85. The Labute approximate surface area is 105 Å². The van der Waals surface area contributed by atoms with Crippen LogP contribution < -0.4 is 5.32 Å². The molecular weight excluding hydrogens is 244 g/mol. The average Bonchev–Trinajstić information content (AvgIpc) is 3.11. The highest BCUT2D eigenvalue weighted by molar-refractivity contribution is 6.18. The van der Waals surface area contributed by atoms with Crippen molar-refractivity contribution in [3.63, 3.8) is 0 Å². The number of halogens is 3. The van der Waals surface area contributed by atoms with Crippen LogP contribution >= 0.6 is 11.6 Å². The van der Waals surface area contributed by atoms with Crippen molar-refractivity contribution in [2.24, 2.45) is 5.41 Å². The first kappa shape index (κ1) is 12.8. The molecule has 0 spiro atoms. The van der Waals surface area contributed by atoms with E-state index in [1.807, 2.05) is 0 Å². The van der Waals surface area contributed by atoms with Gasteiger partial charge in [0.15, 0.2) is 0 Å². The molecule has 1 nitrogen and oxygen atoms in total. The summed E-state index contributed by atoms with van der Waals surface area (Å²) in [5.41, 5.74) is 0.136. The average molecular weight is 260 g/mol. The molecule has 17 heavy (non-hydrogen) atoms. The first-order valence-electron chi connectivity index (χ1n) is 5.78. The Morgan fingerprint density at radius 3 is 2.41 bits per heavy atom. The SMILES string of the molecule is FC(F)(CNCC1(CCl)CC1)c1ccccc1. The number of alkyl halides is 3. The van der Waals surface area contributed by atoms with Crippen molar-refractivity contribution >= 4 is 11.6 Å². The molecule has 0 atom stereocenters. The molecule has 0 unspecified atom stereocenters. The molecule has 0 radical (unpaired) electrons. The molecule has 2 rings (SSSR count). The maximum atomic E-state index is 13.8. The lowest BCUT2D eigenvalue weighted by Gasteiger charge is -2.19. The van der Waals surface area contributed by atoms with Crippen LogP contribution in [0.25, 0.3) is 0 Å². The molecule has 1 aliphatic carbocycles. The summed E-state index contributed by atoms with van der Waals surface area (Å²) >= 11 is 5.80. The van der Waals surface area contributed by atoms with Crippen LogP contribution in [0, 0.1) is 5.41 Å². The summed E-state index contributed by atoms with van der Waals surface area (Å²) in [5, 5.41) is 2.84. The normalized spacial score (nSPS) is 18.1.